The molecule has 0 bridgehead atoms. The molecule has 2 amide bonds. The van der Waals surface area contributed by atoms with E-state index in [-0.39, 0.29) is 16.9 Å². The molecular weight excluding hydrogens is 416 g/mol. The van der Waals surface area contributed by atoms with Crippen molar-refractivity contribution in [3.8, 4) is 17.8 Å². The summed E-state index contributed by atoms with van der Waals surface area (Å²) in [6.45, 7) is 0. The average molecular weight is 428 g/mol. The van der Waals surface area contributed by atoms with Gasteiger partial charge < -0.3 is 11.1 Å². The Morgan fingerprint density at radius 1 is 1.03 bits per heavy atom. The van der Waals surface area contributed by atoms with Gasteiger partial charge in [0.25, 0.3) is 0 Å². The summed E-state index contributed by atoms with van der Waals surface area (Å²) >= 11 is 1.23. The van der Waals surface area contributed by atoms with Gasteiger partial charge in [-0.3, -0.25) is 9.88 Å². The van der Waals surface area contributed by atoms with Crippen molar-refractivity contribution < 1.29 is 4.79 Å². The van der Waals surface area contributed by atoms with Gasteiger partial charge in [-0.25, -0.2) is 14.6 Å². The number of anilines is 3. The molecule has 2 heterocycles. The number of thiazole rings is 1. The van der Waals surface area contributed by atoms with E-state index in [0.29, 0.717) is 22.0 Å². The number of nitrogens with one attached hydrogen (secondary N) is 2. The van der Waals surface area contributed by atoms with E-state index < -0.39 is 11.7 Å². The zero-order valence-corrected chi connectivity index (χ0v) is 16.5. The molecular formula is C20H12N8O2S. The van der Waals surface area contributed by atoms with Gasteiger partial charge in [-0.15, -0.1) is 0 Å². The van der Waals surface area contributed by atoms with E-state index in [2.05, 4.69) is 20.6 Å². The lowest BCUT2D eigenvalue weighted by Gasteiger charge is -2.06. The number of aromatic nitrogens is 3. The molecule has 4 aromatic rings. The Balaban J connectivity index is 1.54. The number of rotatable bonds is 3. The van der Waals surface area contributed by atoms with Gasteiger partial charge in [0, 0.05) is 11.9 Å². The molecule has 4 rings (SSSR count). The van der Waals surface area contributed by atoms with Crippen molar-refractivity contribution in [3.63, 3.8) is 0 Å². The monoisotopic (exact) mass is 428 g/mol. The molecule has 0 unspecified atom stereocenters. The van der Waals surface area contributed by atoms with Crippen LogP contribution in [0.5, 0.6) is 0 Å². The van der Waals surface area contributed by atoms with Gasteiger partial charge in [0.2, 0.25) is 0 Å². The fourth-order valence-corrected chi connectivity index (χ4v) is 3.69. The van der Waals surface area contributed by atoms with Gasteiger partial charge in [-0.1, -0.05) is 11.3 Å². The molecule has 2 aromatic heterocycles. The summed E-state index contributed by atoms with van der Waals surface area (Å²) in [5.41, 5.74) is 7.02. The van der Waals surface area contributed by atoms with Crippen LogP contribution in [0.4, 0.5) is 21.4 Å². The van der Waals surface area contributed by atoms with Crippen LogP contribution in [0.3, 0.4) is 0 Å². The van der Waals surface area contributed by atoms with Crippen molar-refractivity contribution in [3.05, 3.63) is 70.3 Å². The van der Waals surface area contributed by atoms with Crippen molar-refractivity contribution in [2.45, 2.75) is 0 Å². The lowest BCUT2D eigenvalue weighted by Crippen LogP contribution is -2.21. The van der Waals surface area contributed by atoms with Crippen LogP contribution in [0, 0.1) is 22.7 Å². The first-order valence-corrected chi connectivity index (χ1v) is 9.57. The fraction of sp³-hybridized carbons (Fsp3) is 0. The Bertz CT molecular complexity index is 1480. The van der Waals surface area contributed by atoms with Gasteiger partial charge in [0.15, 0.2) is 5.13 Å². The molecule has 150 valence electrons. The van der Waals surface area contributed by atoms with Crippen molar-refractivity contribution in [1.29, 1.82) is 10.5 Å². The number of hydrogen-bond donors (Lipinski definition) is 3. The maximum Gasteiger partial charge on any atom is 0.354 e. The van der Waals surface area contributed by atoms with E-state index in [1.54, 1.807) is 18.2 Å². The van der Waals surface area contributed by atoms with Crippen LogP contribution in [-0.4, -0.2) is 20.6 Å². The number of nitriles is 2. The normalized spacial score (nSPS) is 10.3. The number of benzene rings is 2. The molecule has 2 aromatic carbocycles. The summed E-state index contributed by atoms with van der Waals surface area (Å²) in [7, 11) is 0. The molecule has 0 radical (unpaired) electrons. The highest BCUT2D eigenvalue weighted by molar-refractivity contribution is 7.22. The first-order valence-electron chi connectivity index (χ1n) is 8.75. The number of nitrogens with zero attached hydrogens (tertiary/aromatic N) is 5. The molecule has 31 heavy (non-hydrogen) atoms. The van der Waals surface area contributed by atoms with Crippen LogP contribution in [0.25, 0.3) is 15.9 Å². The summed E-state index contributed by atoms with van der Waals surface area (Å²) in [5.74, 6) is 0.141. The van der Waals surface area contributed by atoms with Gasteiger partial charge in [0.05, 0.1) is 27.0 Å². The predicted molar refractivity (Wildman–Crippen MR) is 116 cm³/mol. The van der Waals surface area contributed by atoms with Crippen LogP contribution in [0.15, 0.2) is 53.5 Å². The molecule has 0 spiro atoms. The molecule has 0 aliphatic rings. The van der Waals surface area contributed by atoms with Crippen molar-refractivity contribution in [2.24, 2.45) is 0 Å². The van der Waals surface area contributed by atoms with Gasteiger partial charge in [-0.2, -0.15) is 15.5 Å². The van der Waals surface area contributed by atoms with E-state index in [1.807, 2.05) is 12.1 Å². The number of nitrogen functional groups attached to an aromatic ring is 1. The predicted octanol–water partition coefficient (Wildman–Crippen LogP) is 2.81. The minimum atomic E-state index is -0.549. The minimum absolute atomic E-state index is 0.141. The fourth-order valence-electron chi connectivity index (χ4n) is 2.80. The van der Waals surface area contributed by atoms with E-state index in [4.69, 9.17) is 16.3 Å². The third-order valence-corrected chi connectivity index (χ3v) is 5.15. The second kappa shape index (κ2) is 7.94. The third kappa shape index (κ3) is 4.03. The molecule has 10 nitrogen and oxygen atoms in total. The largest absolute Gasteiger partial charge is 0.383 e. The molecule has 4 N–H and O–H groups in total. The summed E-state index contributed by atoms with van der Waals surface area (Å²) in [6.07, 6.45) is 1.53. The molecule has 0 atom stereocenters. The molecule has 0 aliphatic carbocycles. The number of hydrogen-bond acceptors (Lipinski definition) is 8. The van der Waals surface area contributed by atoms with Crippen LogP contribution < -0.4 is 22.1 Å². The maximum atomic E-state index is 12.3. The second-order valence-electron chi connectivity index (χ2n) is 6.24. The summed E-state index contributed by atoms with van der Waals surface area (Å²) in [6, 6.07) is 14.4. The maximum absolute atomic E-state index is 12.3. The molecule has 0 aliphatic heterocycles. The topological polar surface area (TPSA) is 163 Å². The number of fused-ring (bicyclic) bond motifs is 1. The smallest absolute Gasteiger partial charge is 0.354 e. The second-order valence-corrected chi connectivity index (χ2v) is 7.27. The summed E-state index contributed by atoms with van der Waals surface area (Å²) in [4.78, 5) is 32.4. The number of carbonyl (C=O) groups is 1. The van der Waals surface area contributed by atoms with Crippen molar-refractivity contribution in [2.75, 3.05) is 16.4 Å². The summed E-state index contributed by atoms with van der Waals surface area (Å²) in [5, 5.41) is 23.6. The highest BCUT2D eigenvalue weighted by Gasteiger charge is 2.11. The number of nitrogens with two attached hydrogens (primary N) is 1. The average Bonchev–Trinajstić information content (AvgIpc) is 3.14. The molecule has 0 fully saturated rings. The van der Waals surface area contributed by atoms with Crippen LogP contribution in [0.2, 0.25) is 0 Å². The van der Waals surface area contributed by atoms with Gasteiger partial charge in [-0.05, 0) is 42.5 Å². The highest BCUT2D eigenvalue weighted by Crippen LogP contribution is 2.28. The molecule has 0 saturated carbocycles. The highest BCUT2D eigenvalue weighted by atomic mass is 32.1. The molecule has 0 saturated heterocycles. The Morgan fingerprint density at radius 2 is 1.84 bits per heavy atom. The van der Waals surface area contributed by atoms with Crippen molar-refractivity contribution >= 4 is 44.2 Å². The Kier molecular flexibility index (Phi) is 5.02. The number of urea groups is 1. The third-order valence-electron chi connectivity index (χ3n) is 4.21. The van der Waals surface area contributed by atoms with E-state index >= 15 is 0 Å². The van der Waals surface area contributed by atoms with E-state index in [0.717, 1.165) is 4.70 Å². The zero-order chi connectivity index (χ0) is 22.0. The summed E-state index contributed by atoms with van der Waals surface area (Å²) < 4.78 is 2.11. The Labute approximate surface area is 178 Å². The van der Waals surface area contributed by atoms with Crippen LogP contribution in [0.1, 0.15) is 11.1 Å². The molecule has 11 heteroatoms. The Hall–Kier alpha value is -4.74. The lowest BCUT2D eigenvalue weighted by molar-refractivity contribution is 0.262. The quantitative estimate of drug-likeness (QED) is 0.452. The number of amides is 2. The van der Waals surface area contributed by atoms with Crippen LogP contribution in [-0.2, 0) is 0 Å². The first-order chi connectivity index (χ1) is 15.0. The lowest BCUT2D eigenvalue weighted by atomic mass is 10.1. The Morgan fingerprint density at radius 3 is 2.58 bits per heavy atom. The standard InChI is InChI=1S/C20H12N8O2S/c21-9-11-1-2-13(7-12(11)10-22)24-18(29)27-19-25-15-4-3-14(8-16(15)31-19)28-6-5-17(23)26-20(28)30/h1-8H,(H2,23,26,30)(H2,24,25,27,29). The number of carbonyl (C=O) groups excluding carboxylic acids is 1. The van der Waals surface area contributed by atoms with E-state index in [1.165, 1.54) is 46.4 Å². The SMILES string of the molecule is N#Cc1ccc(NC(=O)Nc2nc3ccc(-n4ccc(N)nc4=O)cc3s2)cc1C#N. The van der Waals surface area contributed by atoms with Crippen LogP contribution >= 0.6 is 11.3 Å². The van der Waals surface area contributed by atoms with Crippen molar-refractivity contribution in [1.82, 2.24) is 14.5 Å². The van der Waals surface area contributed by atoms with E-state index in [9.17, 15) is 9.59 Å². The first kappa shape index (κ1) is 19.6. The minimum Gasteiger partial charge on any atom is -0.383 e. The van der Waals surface area contributed by atoms with Gasteiger partial charge in [0.1, 0.15) is 18.0 Å². The zero-order valence-electron chi connectivity index (χ0n) is 15.7. The van der Waals surface area contributed by atoms with Gasteiger partial charge >= 0.3 is 11.7 Å².